The van der Waals surface area contributed by atoms with Gasteiger partial charge in [0.2, 0.25) is 0 Å². The minimum Gasteiger partial charge on any atom is -0.505 e. The monoisotopic (exact) mass is 321 g/mol. The first-order valence-electron chi connectivity index (χ1n) is 7.35. The van der Waals surface area contributed by atoms with Gasteiger partial charge in [0, 0.05) is 24.1 Å². The Balaban J connectivity index is 1.86. The highest BCUT2D eigenvalue weighted by Gasteiger charge is 2.30. The Morgan fingerprint density at radius 2 is 1.78 bits per heavy atom. The fourth-order valence-corrected chi connectivity index (χ4v) is 3.17. The van der Waals surface area contributed by atoms with E-state index in [-0.39, 0.29) is 28.9 Å². The normalized spacial score (nSPS) is 20.8. The molecule has 4 N–H and O–H groups in total. The summed E-state index contributed by atoms with van der Waals surface area (Å²) >= 11 is 0. The third kappa shape index (κ3) is 3.07. The van der Waals surface area contributed by atoms with Gasteiger partial charge in [0.15, 0.2) is 23.1 Å². The lowest BCUT2D eigenvalue weighted by Crippen LogP contribution is -2.14. The average Bonchev–Trinajstić information content (AvgIpc) is 2.95. The van der Waals surface area contributed by atoms with Gasteiger partial charge in [-0.3, -0.25) is 0 Å². The first-order valence-corrected chi connectivity index (χ1v) is 7.35. The van der Waals surface area contributed by atoms with E-state index < -0.39 is 17.4 Å². The second-order valence-electron chi connectivity index (χ2n) is 5.87. The molecule has 1 heterocycles. The maximum Gasteiger partial charge on any atom is 0.168 e. The van der Waals surface area contributed by atoms with Crippen LogP contribution >= 0.6 is 0 Å². The molecule has 122 valence electrons. The number of halogens is 2. The molecule has 0 radical (unpaired) electrons. The topological polar surface area (TPSA) is 72.7 Å². The summed E-state index contributed by atoms with van der Waals surface area (Å²) in [5.41, 5.74) is 1.05. The van der Waals surface area contributed by atoms with E-state index in [1.807, 2.05) is 0 Å². The lowest BCUT2D eigenvalue weighted by atomic mass is 9.84. The summed E-state index contributed by atoms with van der Waals surface area (Å²) in [5, 5.41) is 32.0. The molecule has 0 aromatic heterocycles. The Hall–Kier alpha value is -2.34. The van der Waals surface area contributed by atoms with E-state index in [1.54, 1.807) is 6.07 Å². The zero-order chi connectivity index (χ0) is 16.6. The molecule has 0 amide bonds. The van der Waals surface area contributed by atoms with Crippen molar-refractivity contribution in [2.75, 3.05) is 13.1 Å². The first-order chi connectivity index (χ1) is 11.0. The zero-order valence-electron chi connectivity index (χ0n) is 12.3. The van der Waals surface area contributed by atoms with Gasteiger partial charge in [0.05, 0.1) is 0 Å². The first kappa shape index (κ1) is 15.6. The number of hydrogen-bond donors (Lipinski definition) is 4. The maximum absolute atomic E-state index is 13.5. The quantitative estimate of drug-likeness (QED) is 0.656. The molecule has 4 nitrogen and oxygen atoms in total. The van der Waals surface area contributed by atoms with Crippen LogP contribution in [-0.2, 0) is 6.42 Å². The molecular formula is C17H17F2NO3. The Bertz CT molecular complexity index is 736. The molecule has 23 heavy (non-hydrogen) atoms. The SMILES string of the molecule is Oc1ccc(C2CNCC2Cc2cc(F)cc(F)c2O)cc1O. The van der Waals surface area contributed by atoms with Gasteiger partial charge in [-0.1, -0.05) is 6.07 Å². The fraction of sp³-hybridized carbons (Fsp3) is 0.294. The van der Waals surface area contributed by atoms with E-state index in [1.165, 1.54) is 12.1 Å². The van der Waals surface area contributed by atoms with Gasteiger partial charge >= 0.3 is 0 Å². The van der Waals surface area contributed by atoms with Crippen LogP contribution in [0.1, 0.15) is 17.0 Å². The summed E-state index contributed by atoms with van der Waals surface area (Å²) < 4.78 is 26.8. The molecule has 1 fully saturated rings. The van der Waals surface area contributed by atoms with Gasteiger partial charge in [-0.2, -0.15) is 0 Å². The molecule has 0 aliphatic carbocycles. The number of hydrogen-bond acceptors (Lipinski definition) is 4. The number of rotatable bonds is 3. The molecule has 0 bridgehead atoms. The summed E-state index contributed by atoms with van der Waals surface area (Å²) in [6.45, 7) is 1.28. The molecule has 0 spiro atoms. The highest BCUT2D eigenvalue weighted by atomic mass is 19.1. The number of nitrogens with one attached hydrogen (secondary N) is 1. The van der Waals surface area contributed by atoms with Crippen molar-refractivity contribution in [3.8, 4) is 17.2 Å². The van der Waals surface area contributed by atoms with Crippen molar-refractivity contribution in [2.24, 2.45) is 5.92 Å². The van der Waals surface area contributed by atoms with Crippen molar-refractivity contribution in [2.45, 2.75) is 12.3 Å². The Morgan fingerprint density at radius 3 is 2.52 bits per heavy atom. The van der Waals surface area contributed by atoms with Crippen molar-refractivity contribution >= 4 is 0 Å². The van der Waals surface area contributed by atoms with Gasteiger partial charge in [-0.15, -0.1) is 0 Å². The summed E-state index contributed by atoms with van der Waals surface area (Å²) in [6, 6.07) is 6.42. The molecule has 2 aromatic carbocycles. The van der Waals surface area contributed by atoms with Crippen LogP contribution in [0.4, 0.5) is 8.78 Å². The van der Waals surface area contributed by atoms with Crippen LogP contribution in [0, 0.1) is 17.6 Å². The molecule has 0 saturated carbocycles. The number of phenols is 3. The standard InChI is InChI=1S/C17H17F2NO3/c18-12-4-10(17(23)14(19)6-12)3-11-7-20-8-13(11)9-1-2-15(21)16(22)5-9/h1-2,4-6,11,13,20-23H,3,7-8H2. The van der Waals surface area contributed by atoms with E-state index in [9.17, 15) is 24.1 Å². The third-order valence-electron chi connectivity index (χ3n) is 4.36. The summed E-state index contributed by atoms with van der Waals surface area (Å²) in [5.74, 6) is -2.59. The lowest BCUT2D eigenvalue weighted by Gasteiger charge is -2.20. The number of benzene rings is 2. The highest BCUT2D eigenvalue weighted by molar-refractivity contribution is 5.42. The van der Waals surface area contributed by atoms with E-state index in [0.29, 0.717) is 25.6 Å². The van der Waals surface area contributed by atoms with Crippen molar-refractivity contribution in [1.29, 1.82) is 0 Å². The van der Waals surface area contributed by atoms with Crippen molar-refractivity contribution < 1.29 is 24.1 Å². The van der Waals surface area contributed by atoms with Crippen LogP contribution in [0.5, 0.6) is 17.2 Å². The van der Waals surface area contributed by atoms with E-state index in [2.05, 4.69) is 5.32 Å². The molecular weight excluding hydrogens is 304 g/mol. The van der Waals surface area contributed by atoms with Gasteiger partial charge in [0.25, 0.3) is 0 Å². The minimum atomic E-state index is -0.968. The molecule has 2 unspecified atom stereocenters. The maximum atomic E-state index is 13.5. The molecule has 1 aliphatic heterocycles. The van der Waals surface area contributed by atoms with Crippen molar-refractivity contribution in [3.05, 3.63) is 53.1 Å². The second kappa shape index (κ2) is 6.04. The summed E-state index contributed by atoms with van der Waals surface area (Å²) in [4.78, 5) is 0. The largest absolute Gasteiger partial charge is 0.505 e. The molecule has 1 saturated heterocycles. The predicted octanol–water partition coefficient (Wildman–Crippen LogP) is 2.63. The van der Waals surface area contributed by atoms with Gasteiger partial charge in [0.1, 0.15) is 5.82 Å². The summed E-state index contributed by atoms with van der Waals surface area (Å²) in [6.07, 6.45) is 0.305. The van der Waals surface area contributed by atoms with Crippen LogP contribution < -0.4 is 5.32 Å². The summed E-state index contributed by atoms with van der Waals surface area (Å²) in [7, 11) is 0. The van der Waals surface area contributed by atoms with Crippen LogP contribution in [0.2, 0.25) is 0 Å². The lowest BCUT2D eigenvalue weighted by molar-refractivity contribution is 0.400. The van der Waals surface area contributed by atoms with Crippen molar-refractivity contribution in [1.82, 2.24) is 5.32 Å². The van der Waals surface area contributed by atoms with E-state index in [4.69, 9.17) is 0 Å². The predicted molar refractivity (Wildman–Crippen MR) is 80.6 cm³/mol. The van der Waals surface area contributed by atoms with Gasteiger partial charge in [-0.25, -0.2) is 8.78 Å². The molecule has 1 aliphatic rings. The molecule has 2 aromatic rings. The van der Waals surface area contributed by atoms with Gasteiger partial charge in [-0.05, 0) is 42.6 Å². The van der Waals surface area contributed by atoms with Crippen LogP contribution in [-0.4, -0.2) is 28.4 Å². The zero-order valence-corrected chi connectivity index (χ0v) is 12.3. The van der Waals surface area contributed by atoms with Crippen LogP contribution in [0.15, 0.2) is 30.3 Å². The highest BCUT2D eigenvalue weighted by Crippen LogP contribution is 2.36. The number of phenolic OH excluding ortho intramolecular Hbond substituents is 3. The molecule has 6 heteroatoms. The van der Waals surface area contributed by atoms with E-state index >= 15 is 0 Å². The van der Waals surface area contributed by atoms with Crippen molar-refractivity contribution in [3.63, 3.8) is 0 Å². The Morgan fingerprint density at radius 1 is 1.00 bits per heavy atom. The Kier molecular flexibility index (Phi) is 4.09. The number of aromatic hydroxyl groups is 3. The average molecular weight is 321 g/mol. The smallest absolute Gasteiger partial charge is 0.168 e. The minimum absolute atomic E-state index is 0.00560. The fourth-order valence-electron chi connectivity index (χ4n) is 3.17. The molecule has 2 atom stereocenters. The van der Waals surface area contributed by atoms with Gasteiger partial charge < -0.3 is 20.6 Å². The van der Waals surface area contributed by atoms with E-state index in [0.717, 1.165) is 11.6 Å². The Labute approximate surface area is 132 Å². The second-order valence-corrected chi connectivity index (χ2v) is 5.87. The van der Waals surface area contributed by atoms with Crippen LogP contribution in [0.3, 0.4) is 0 Å². The third-order valence-corrected chi connectivity index (χ3v) is 4.36. The molecule has 3 rings (SSSR count). The van der Waals surface area contributed by atoms with Crippen LogP contribution in [0.25, 0.3) is 0 Å².